The second-order valence-electron chi connectivity index (χ2n) is 4.64. The molecule has 0 radical (unpaired) electrons. The summed E-state index contributed by atoms with van der Waals surface area (Å²) < 4.78 is 11.4. The van der Waals surface area contributed by atoms with E-state index in [2.05, 4.69) is 22.0 Å². The number of benzene rings is 2. The zero-order chi connectivity index (χ0) is 17.0. The number of esters is 1. The molecule has 0 aliphatic carbocycles. The summed E-state index contributed by atoms with van der Waals surface area (Å²) in [6.07, 6.45) is 0. The molecular weight excluding hydrogens is 382 g/mol. The highest BCUT2D eigenvalue weighted by molar-refractivity contribution is 9.10. The summed E-state index contributed by atoms with van der Waals surface area (Å²) in [6, 6.07) is 10.4. The quantitative estimate of drug-likeness (QED) is 0.664. The molecule has 4 nitrogen and oxygen atoms in total. The van der Waals surface area contributed by atoms with Crippen LogP contribution in [0.2, 0.25) is 5.02 Å². The Kier molecular flexibility index (Phi) is 5.64. The van der Waals surface area contributed by atoms with Crippen molar-refractivity contribution in [2.45, 2.75) is 13.8 Å². The number of hydrogen-bond acceptors (Lipinski definition) is 4. The van der Waals surface area contributed by atoms with Crippen LogP contribution in [0.5, 0.6) is 11.5 Å². The van der Waals surface area contributed by atoms with Crippen LogP contribution in [0.1, 0.15) is 28.4 Å². The first-order valence-electron chi connectivity index (χ1n) is 6.81. The lowest BCUT2D eigenvalue weighted by Gasteiger charge is -2.13. The summed E-state index contributed by atoms with van der Waals surface area (Å²) in [5, 5.41) is 9.49. The molecule has 0 aliphatic rings. The van der Waals surface area contributed by atoms with Crippen LogP contribution >= 0.6 is 27.5 Å². The third kappa shape index (κ3) is 3.84. The number of rotatable bonds is 4. The number of nitriles is 1. The Balaban J connectivity index is 2.40. The molecule has 0 amide bonds. The molecule has 0 heterocycles. The Morgan fingerprint density at radius 2 is 2.09 bits per heavy atom. The molecule has 6 heteroatoms. The Labute approximate surface area is 147 Å². The number of hydrogen-bond donors (Lipinski definition) is 0. The van der Waals surface area contributed by atoms with Gasteiger partial charge in [-0.1, -0.05) is 17.7 Å². The summed E-state index contributed by atoms with van der Waals surface area (Å²) in [4.78, 5) is 11.9. The Morgan fingerprint density at radius 3 is 2.74 bits per heavy atom. The zero-order valence-electron chi connectivity index (χ0n) is 12.5. The molecule has 0 fully saturated rings. The van der Waals surface area contributed by atoms with Gasteiger partial charge in [0.2, 0.25) is 0 Å². The predicted octanol–water partition coefficient (Wildman–Crippen LogP) is 5.25. The van der Waals surface area contributed by atoms with Crippen LogP contribution in [-0.4, -0.2) is 12.6 Å². The van der Waals surface area contributed by atoms with Gasteiger partial charge in [-0.25, -0.2) is 4.79 Å². The van der Waals surface area contributed by atoms with Gasteiger partial charge < -0.3 is 9.47 Å². The molecule has 0 bridgehead atoms. The standard InChI is InChI=1S/C17H13BrClNO3/c1-3-22-17(21)11-8-14(19)16(7-10(11)2)23-15-6-4-5-13(18)12(15)9-20/h4-8H,3H2,1-2H3. The van der Waals surface area contributed by atoms with E-state index in [0.29, 0.717) is 32.7 Å². The third-order valence-electron chi connectivity index (χ3n) is 3.08. The normalized spacial score (nSPS) is 10.0. The van der Waals surface area contributed by atoms with E-state index in [-0.39, 0.29) is 11.6 Å². The van der Waals surface area contributed by atoms with E-state index in [9.17, 15) is 10.1 Å². The van der Waals surface area contributed by atoms with Crippen molar-refractivity contribution in [1.82, 2.24) is 0 Å². The predicted molar refractivity (Wildman–Crippen MR) is 91.1 cm³/mol. The number of carbonyl (C=O) groups is 1. The molecule has 0 saturated carbocycles. The van der Waals surface area contributed by atoms with Gasteiger partial charge in [0.15, 0.2) is 0 Å². The smallest absolute Gasteiger partial charge is 0.338 e. The molecule has 0 aromatic heterocycles. The monoisotopic (exact) mass is 393 g/mol. The van der Waals surface area contributed by atoms with Crippen LogP contribution in [0.15, 0.2) is 34.8 Å². The number of aryl methyl sites for hydroxylation is 1. The lowest BCUT2D eigenvalue weighted by molar-refractivity contribution is 0.0525. The molecule has 2 aromatic rings. The van der Waals surface area contributed by atoms with Gasteiger partial charge in [-0.15, -0.1) is 0 Å². The average molecular weight is 395 g/mol. The maximum atomic E-state index is 11.9. The van der Waals surface area contributed by atoms with E-state index in [1.54, 1.807) is 38.1 Å². The van der Waals surface area contributed by atoms with Crippen LogP contribution in [0, 0.1) is 18.3 Å². The summed E-state index contributed by atoms with van der Waals surface area (Å²) in [5.74, 6) is 0.317. The van der Waals surface area contributed by atoms with Gasteiger partial charge in [0.25, 0.3) is 0 Å². The molecule has 23 heavy (non-hydrogen) atoms. The second kappa shape index (κ2) is 7.49. The second-order valence-corrected chi connectivity index (χ2v) is 5.91. The van der Waals surface area contributed by atoms with Gasteiger partial charge in [0, 0.05) is 4.47 Å². The van der Waals surface area contributed by atoms with E-state index in [1.807, 2.05) is 0 Å². The van der Waals surface area contributed by atoms with Gasteiger partial charge >= 0.3 is 5.97 Å². The molecule has 0 unspecified atom stereocenters. The first-order valence-corrected chi connectivity index (χ1v) is 7.98. The topological polar surface area (TPSA) is 59.3 Å². The maximum absolute atomic E-state index is 11.9. The summed E-state index contributed by atoms with van der Waals surface area (Å²) in [6.45, 7) is 3.79. The van der Waals surface area contributed by atoms with E-state index < -0.39 is 5.97 Å². The van der Waals surface area contributed by atoms with E-state index in [1.165, 1.54) is 6.07 Å². The minimum atomic E-state index is -0.432. The Bertz CT molecular complexity index is 799. The molecule has 0 N–H and O–H groups in total. The molecule has 0 spiro atoms. The van der Waals surface area contributed by atoms with Gasteiger partial charge in [0.05, 0.1) is 17.2 Å². The Hall–Kier alpha value is -2.03. The largest absolute Gasteiger partial charge is 0.462 e. The van der Waals surface area contributed by atoms with Crippen LogP contribution in [0.3, 0.4) is 0 Å². The highest BCUT2D eigenvalue weighted by Gasteiger charge is 2.16. The lowest BCUT2D eigenvalue weighted by Crippen LogP contribution is -2.07. The van der Waals surface area contributed by atoms with Gasteiger partial charge in [0.1, 0.15) is 23.1 Å². The number of ether oxygens (including phenoxy) is 2. The number of halogens is 2. The maximum Gasteiger partial charge on any atom is 0.338 e. The van der Waals surface area contributed by atoms with Crippen molar-refractivity contribution in [2.75, 3.05) is 6.61 Å². The molecule has 0 saturated heterocycles. The van der Waals surface area contributed by atoms with E-state index in [0.717, 1.165) is 0 Å². The van der Waals surface area contributed by atoms with Crippen molar-refractivity contribution >= 4 is 33.5 Å². The summed E-state index contributed by atoms with van der Waals surface area (Å²) >= 11 is 9.51. The van der Waals surface area contributed by atoms with Gasteiger partial charge in [-0.2, -0.15) is 5.26 Å². The lowest BCUT2D eigenvalue weighted by atomic mass is 10.1. The summed E-state index contributed by atoms with van der Waals surface area (Å²) in [7, 11) is 0. The molecule has 2 rings (SSSR count). The molecule has 0 atom stereocenters. The minimum absolute atomic E-state index is 0.266. The van der Waals surface area contributed by atoms with Crippen molar-refractivity contribution in [3.8, 4) is 17.6 Å². The fourth-order valence-electron chi connectivity index (χ4n) is 1.98. The van der Waals surface area contributed by atoms with Crippen molar-refractivity contribution < 1.29 is 14.3 Å². The summed E-state index contributed by atoms with van der Waals surface area (Å²) in [5.41, 5.74) is 1.44. The van der Waals surface area contributed by atoms with Gasteiger partial charge in [-0.3, -0.25) is 0 Å². The fourth-order valence-corrected chi connectivity index (χ4v) is 2.62. The number of nitrogens with zero attached hydrogens (tertiary/aromatic N) is 1. The minimum Gasteiger partial charge on any atom is -0.462 e. The van der Waals surface area contributed by atoms with E-state index >= 15 is 0 Å². The van der Waals surface area contributed by atoms with Crippen molar-refractivity contribution in [3.63, 3.8) is 0 Å². The Morgan fingerprint density at radius 1 is 1.35 bits per heavy atom. The van der Waals surface area contributed by atoms with Crippen molar-refractivity contribution in [3.05, 3.63) is 56.5 Å². The van der Waals surface area contributed by atoms with E-state index in [4.69, 9.17) is 21.1 Å². The molecule has 0 aliphatic heterocycles. The first-order chi connectivity index (χ1) is 11.0. The molecular formula is C17H13BrClNO3. The number of carbonyl (C=O) groups excluding carboxylic acids is 1. The first kappa shape index (κ1) is 17.3. The third-order valence-corrected chi connectivity index (χ3v) is 4.04. The molecule has 2 aromatic carbocycles. The fraction of sp³-hybridized carbons (Fsp3) is 0.176. The highest BCUT2D eigenvalue weighted by Crippen LogP contribution is 2.35. The molecule has 118 valence electrons. The highest BCUT2D eigenvalue weighted by atomic mass is 79.9. The van der Waals surface area contributed by atoms with Crippen LogP contribution < -0.4 is 4.74 Å². The SMILES string of the molecule is CCOC(=O)c1cc(Cl)c(Oc2cccc(Br)c2C#N)cc1C. The van der Waals surface area contributed by atoms with Crippen LogP contribution in [0.4, 0.5) is 0 Å². The zero-order valence-corrected chi connectivity index (χ0v) is 14.9. The van der Waals surface area contributed by atoms with Crippen LogP contribution in [0.25, 0.3) is 0 Å². The van der Waals surface area contributed by atoms with Crippen molar-refractivity contribution in [1.29, 1.82) is 5.26 Å². The van der Waals surface area contributed by atoms with Crippen molar-refractivity contribution in [2.24, 2.45) is 0 Å². The average Bonchev–Trinajstić information content (AvgIpc) is 2.51. The van der Waals surface area contributed by atoms with Gasteiger partial charge in [-0.05, 0) is 59.6 Å². The van der Waals surface area contributed by atoms with Crippen LogP contribution in [-0.2, 0) is 4.74 Å².